The lowest BCUT2D eigenvalue weighted by Gasteiger charge is -2.57. The number of hydrogen-bond acceptors (Lipinski definition) is 0. The van der Waals surface area contributed by atoms with Crippen LogP contribution in [0.5, 0.6) is 0 Å². The molecule has 28 heavy (non-hydrogen) atoms. The summed E-state index contributed by atoms with van der Waals surface area (Å²) in [6, 6.07) is 0. The fourth-order valence-electron chi connectivity index (χ4n) is 9.57. The van der Waals surface area contributed by atoms with Crippen molar-refractivity contribution in [1.82, 2.24) is 0 Å². The van der Waals surface area contributed by atoms with E-state index in [-0.39, 0.29) is 6.67 Å². The van der Waals surface area contributed by atoms with Gasteiger partial charge in [0.2, 0.25) is 0 Å². The molecule has 5 fully saturated rings. The van der Waals surface area contributed by atoms with Crippen molar-refractivity contribution in [2.24, 2.45) is 64.6 Å². The Hall–Kier alpha value is -0.280. The first-order chi connectivity index (χ1) is 13.3. The molecule has 0 heterocycles. The van der Waals surface area contributed by atoms with Crippen molar-refractivity contribution in [2.75, 3.05) is 6.67 Å². The Kier molecular flexibility index (Phi) is 4.64. The SMILES string of the molecule is CC1C2C1C1[C@@H]3CC[C@@H]4C[C@@H](C(F)(F)F)CC[C@@H]4C3CC[C@]1(C)C2CCCF. The molecule has 5 aliphatic carbocycles. The van der Waals surface area contributed by atoms with Crippen LogP contribution in [0.2, 0.25) is 0 Å². The molecule has 6 unspecified atom stereocenters. The molecule has 5 rings (SSSR count). The second-order valence-corrected chi connectivity index (χ2v) is 11.4. The zero-order valence-corrected chi connectivity index (χ0v) is 17.4. The summed E-state index contributed by atoms with van der Waals surface area (Å²) in [5.74, 6) is 5.06. The van der Waals surface area contributed by atoms with Crippen LogP contribution in [0.4, 0.5) is 17.6 Å². The second-order valence-electron chi connectivity index (χ2n) is 11.4. The minimum absolute atomic E-state index is 0.195. The van der Waals surface area contributed by atoms with Crippen LogP contribution in [0, 0.1) is 64.6 Å². The summed E-state index contributed by atoms with van der Waals surface area (Å²) in [6.07, 6.45) is 3.93. The predicted molar refractivity (Wildman–Crippen MR) is 102 cm³/mol. The lowest BCUT2D eigenvalue weighted by atomic mass is 9.47. The van der Waals surface area contributed by atoms with Gasteiger partial charge < -0.3 is 0 Å². The monoisotopic (exact) mass is 400 g/mol. The van der Waals surface area contributed by atoms with Crippen LogP contribution >= 0.6 is 0 Å². The summed E-state index contributed by atoms with van der Waals surface area (Å²) >= 11 is 0. The highest BCUT2D eigenvalue weighted by Gasteiger charge is 2.72. The highest BCUT2D eigenvalue weighted by atomic mass is 19.4. The Morgan fingerprint density at radius 1 is 0.929 bits per heavy atom. The molecule has 0 aromatic rings. The molecule has 0 bridgehead atoms. The van der Waals surface area contributed by atoms with E-state index in [2.05, 4.69) is 13.8 Å². The highest BCUT2D eigenvalue weighted by Crippen LogP contribution is 2.77. The Bertz CT molecular complexity index is 600. The minimum atomic E-state index is -4.00. The summed E-state index contributed by atoms with van der Waals surface area (Å²) in [5, 5.41) is 0. The predicted octanol–water partition coefficient (Wildman–Crippen LogP) is 7.29. The van der Waals surface area contributed by atoms with Crippen molar-refractivity contribution < 1.29 is 17.6 Å². The van der Waals surface area contributed by atoms with Gasteiger partial charge in [-0.05, 0) is 116 Å². The van der Waals surface area contributed by atoms with Crippen LogP contribution in [0.1, 0.15) is 71.6 Å². The largest absolute Gasteiger partial charge is 0.391 e. The van der Waals surface area contributed by atoms with E-state index in [1.807, 2.05) is 0 Å². The number of hydrogen-bond donors (Lipinski definition) is 0. The maximum atomic E-state index is 13.3. The van der Waals surface area contributed by atoms with Gasteiger partial charge in [0.1, 0.15) is 0 Å². The van der Waals surface area contributed by atoms with E-state index in [1.165, 1.54) is 12.8 Å². The topological polar surface area (TPSA) is 0 Å². The van der Waals surface area contributed by atoms with Gasteiger partial charge in [0, 0.05) is 0 Å². The maximum Gasteiger partial charge on any atom is 0.391 e. The van der Waals surface area contributed by atoms with Crippen LogP contribution in [0.25, 0.3) is 0 Å². The summed E-state index contributed by atoms with van der Waals surface area (Å²) < 4.78 is 52.8. The molecule has 0 saturated heterocycles. The maximum absolute atomic E-state index is 13.3. The van der Waals surface area contributed by atoms with Crippen molar-refractivity contribution in [3.63, 3.8) is 0 Å². The van der Waals surface area contributed by atoms with Crippen molar-refractivity contribution >= 4 is 0 Å². The molecule has 0 nitrogen and oxygen atoms in total. The molecule has 160 valence electrons. The van der Waals surface area contributed by atoms with Gasteiger partial charge in [-0.3, -0.25) is 4.39 Å². The first-order valence-electron chi connectivity index (χ1n) is 11.9. The van der Waals surface area contributed by atoms with Gasteiger partial charge in [-0.2, -0.15) is 13.2 Å². The van der Waals surface area contributed by atoms with Crippen molar-refractivity contribution in [3.8, 4) is 0 Å². The van der Waals surface area contributed by atoms with E-state index < -0.39 is 12.1 Å². The molecule has 5 saturated carbocycles. The van der Waals surface area contributed by atoms with Gasteiger partial charge in [-0.25, -0.2) is 0 Å². The van der Waals surface area contributed by atoms with Crippen LogP contribution in [-0.4, -0.2) is 12.9 Å². The molecule has 0 aromatic carbocycles. The third kappa shape index (κ3) is 2.74. The number of fused-ring (bicyclic) bond motifs is 7. The molecule has 0 radical (unpaired) electrons. The number of halogens is 4. The zero-order valence-electron chi connectivity index (χ0n) is 17.4. The highest BCUT2D eigenvalue weighted by molar-refractivity contribution is 5.19. The molecular formula is C24H36F4. The van der Waals surface area contributed by atoms with Gasteiger partial charge in [0.25, 0.3) is 0 Å². The third-order valence-electron chi connectivity index (χ3n) is 10.6. The van der Waals surface area contributed by atoms with Crippen LogP contribution in [0.3, 0.4) is 0 Å². The zero-order chi connectivity index (χ0) is 19.8. The lowest BCUT2D eigenvalue weighted by Crippen LogP contribution is -2.51. The Morgan fingerprint density at radius 2 is 1.68 bits per heavy atom. The summed E-state index contributed by atoms with van der Waals surface area (Å²) in [5.41, 5.74) is 0.369. The molecule has 0 spiro atoms. The Labute approximate surface area is 167 Å². The van der Waals surface area contributed by atoms with Gasteiger partial charge in [-0.1, -0.05) is 13.8 Å². The van der Waals surface area contributed by atoms with E-state index in [4.69, 9.17) is 0 Å². The molecule has 5 aliphatic rings. The van der Waals surface area contributed by atoms with E-state index in [0.717, 1.165) is 55.3 Å². The van der Waals surface area contributed by atoms with Crippen LogP contribution < -0.4 is 0 Å². The van der Waals surface area contributed by atoms with Gasteiger partial charge in [-0.15, -0.1) is 0 Å². The van der Waals surface area contributed by atoms with Gasteiger partial charge in [0.15, 0.2) is 0 Å². The second kappa shape index (κ2) is 6.61. The lowest BCUT2D eigenvalue weighted by molar-refractivity contribution is -0.196. The van der Waals surface area contributed by atoms with Crippen molar-refractivity contribution in [2.45, 2.75) is 77.8 Å². The van der Waals surface area contributed by atoms with Crippen molar-refractivity contribution in [3.05, 3.63) is 0 Å². The molecule has 4 heteroatoms. The van der Waals surface area contributed by atoms with E-state index in [9.17, 15) is 17.6 Å². The molecule has 0 N–H and O–H groups in total. The Morgan fingerprint density at radius 3 is 2.39 bits per heavy atom. The minimum Gasteiger partial charge on any atom is -0.251 e. The van der Waals surface area contributed by atoms with E-state index in [0.29, 0.717) is 48.3 Å². The van der Waals surface area contributed by atoms with E-state index >= 15 is 0 Å². The standard InChI is InChI=1S/C24H36F4/c1-13-20-19(4-3-11-25)23(2)10-9-17-16-8-6-15(24(26,27)28)12-14(16)5-7-18(17)22(23)21(13)20/h13-22H,3-12H2,1-2H3/t13?,14-,15+,16+,17?,18-,19?,20?,21?,22?,23-/m1/s1. The molecule has 11 atom stereocenters. The summed E-state index contributed by atoms with van der Waals surface area (Å²) in [6.45, 7) is 4.71. The first-order valence-corrected chi connectivity index (χ1v) is 11.9. The molecule has 0 amide bonds. The summed E-state index contributed by atoms with van der Waals surface area (Å²) in [7, 11) is 0. The molecular weight excluding hydrogens is 364 g/mol. The van der Waals surface area contributed by atoms with E-state index in [1.54, 1.807) is 0 Å². The quantitative estimate of drug-likeness (QED) is 0.437. The van der Waals surface area contributed by atoms with Gasteiger partial charge in [0.05, 0.1) is 12.6 Å². The normalized spacial score (nSPS) is 55.1. The third-order valence-corrected chi connectivity index (χ3v) is 10.6. The first kappa shape index (κ1) is 19.7. The average Bonchev–Trinajstić information content (AvgIpc) is 3.19. The number of rotatable bonds is 3. The van der Waals surface area contributed by atoms with Crippen LogP contribution in [0.15, 0.2) is 0 Å². The molecule has 0 aliphatic heterocycles. The number of alkyl halides is 4. The Balaban J connectivity index is 1.35. The fourth-order valence-corrected chi connectivity index (χ4v) is 9.57. The van der Waals surface area contributed by atoms with Gasteiger partial charge >= 0.3 is 6.18 Å². The van der Waals surface area contributed by atoms with Crippen LogP contribution in [-0.2, 0) is 0 Å². The average molecular weight is 401 g/mol. The van der Waals surface area contributed by atoms with Crippen molar-refractivity contribution in [1.29, 1.82) is 0 Å². The molecule has 0 aromatic heterocycles. The smallest absolute Gasteiger partial charge is 0.251 e. The fraction of sp³-hybridized carbons (Fsp3) is 1.00. The summed E-state index contributed by atoms with van der Waals surface area (Å²) in [4.78, 5) is 0.